The van der Waals surface area contributed by atoms with Crippen LogP contribution in [0.3, 0.4) is 0 Å². The maximum Gasteiger partial charge on any atom is 0.331 e. The zero-order valence-corrected chi connectivity index (χ0v) is 24.9. The van der Waals surface area contributed by atoms with Crippen molar-refractivity contribution in [2.75, 3.05) is 0 Å². The van der Waals surface area contributed by atoms with Gasteiger partial charge in [-0.15, -0.1) is 0 Å². The van der Waals surface area contributed by atoms with Crippen LogP contribution in [0.5, 0.6) is 0 Å². The number of carbonyl (C=O) groups is 1. The molecule has 0 amide bonds. The minimum atomic E-state index is -0.519. The van der Waals surface area contributed by atoms with Gasteiger partial charge in [0.15, 0.2) is 0 Å². The Balaban J connectivity index is 1.17. The van der Waals surface area contributed by atoms with Crippen molar-refractivity contribution in [3.05, 3.63) is 45.9 Å². The summed E-state index contributed by atoms with van der Waals surface area (Å²) in [4.78, 5) is 23.1. The minimum Gasteiger partial charge on any atom is -0.459 e. The van der Waals surface area contributed by atoms with Gasteiger partial charge in [-0.05, 0) is 91.9 Å². The van der Waals surface area contributed by atoms with Gasteiger partial charge < -0.3 is 9.15 Å². The molecular formula is C34H49NO5. The summed E-state index contributed by atoms with van der Waals surface area (Å²) in [7, 11) is 0. The van der Waals surface area contributed by atoms with E-state index in [0.29, 0.717) is 5.41 Å². The van der Waals surface area contributed by atoms with Crippen molar-refractivity contribution < 1.29 is 18.9 Å². The van der Waals surface area contributed by atoms with Gasteiger partial charge in [-0.3, -0.25) is 10.1 Å². The molecule has 0 unspecified atom stereocenters. The monoisotopic (exact) mass is 551 g/mol. The second-order valence-corrected chi connectivity index (χ2v) is 13.7. The molecule has 0 aromatic carbocycles. The number of nitrogens with zero attached hydrogens (tertiary/aromatic N) is 1. The fourth-order valence-electron chi connectivity index (χ4n) is 9.42. The highest BCUT2D eigenvalue weighted by atomic mass is 16.6. The number of esters is 1. The third-order valence-electron chi connectivity index (χ3n) is 11.7. The molecule has 40 heavy (non-hydrogen) atoms. The molecular weight excluding hydrogens is 502 g/mol. The molecule has 220 valence electrons. The zero-order valence-electron chi connectivity index (χ0n) is 24.9. The largest absolute Gasteiger partial charge is 0.459 e. The van der Waals surface area contributed by atoms with Crippen molar-refractivity contribution in [3.63, 3.8) is 0 Å². The van der Waals surface area contributed by atoms with Crippen LogP contribution in [0.15, 0.2) is 34.5 Å². The highest BCUT2D eigenvalue weighted by Gasteiger charge is 2.58. The number of hydrogen-bond donors (Lipinski definition) is 0. The van der Waals surface area contributed by atoms with Crippen LogP contribution in [0.1, 0.15) is 123 Å². The number of allylic oxidation sites excluding steroid dienone is 1. The van der Waals surface area contributed by atoms with Crippen LogP contribution in [0.25, 0.3) is 6.08 Å². The molecule has 0 aliphatic heterocycles. The molecule has 3 fully saturated rings. The lowest BCUT2D eigenvalue weighted by molar-refractivity contribution is -0.385. The van der Waals surface area contributed by atoms with Gasteiger partial charge in [0, 0.05) is 12.5 Å². The van der Waals surface area contributed by atoms with Crippen LogP contribution in [-0.4, -0.2) is 17.0 Å². The van der Waals surface area contributed by atoms with E-state index in [0.717, 1.165) is 42.9 Å². The number of carbonyl (C=O) groups excluding carboxylic acids is 1. The standard InChI is InChI=1S/C34H49NO5/c1-4-5-6-7-8-9-10-24-12-14-28-27-13-11-25-23-26(17-20-34(25,3)29(27)18-21-33(24,28)2)40-32(36)16-15-31-30(35(37)38)19-22-39-31/h11,15-16,19,22,24,26-29H,4-10,12-14,17-18,20-21,23H2,1-3H3/b16-15-/t24-,26+,27-,28-,29-,33-,34+/m1/s1. The molecule has 0 bridgehead atoms. The number of hydrogen-bond acceptors (Lipinski definition) is 5. The third-order valence-corrected chi connectivity index (χ3v) is 11.7. The molecule has 0 radical (unpaired) electrons. The fraction of sp³-hybridized carbons (Fsp3) is 0.735. The highest BCUT2D eigenvalue weighted by Crippen LogP contribution is 2.66. The SMILES string of the molecule is CCCCCCCC[C@@H]1CC[C@@H]2[C@H]3CC=C4C[C@@H](OC(=O)/C=C\c5occc5[N+](=O)[O-])CC[C@]4(C)[C@@H]3CC[C@]12C. The van der Waals surface area contributed by atoms with Crippen molar-refractivity contribution >= 4 is 17.7 Å². The van der Waals surface area contributed by atoms with E-state index in [9.17, 15) is 14.9 Å². The zero-order chi connectivity index (χ0) is 28.3. The minimum absolute atomic E-state index is 0.0598. The van der Waals surface area contributed by atoms with Crippen LogP contribution in [0, 0.1) is 44.6 Å². The summed E-state index contributed by atoms with van der Waals surface area (Å²) in [5, 5.41) is 11.1. The lowest BCUT2D eigenvalue weighted by Gasteiger charge is -2.58. The molecule has 1 aromatic rings. The summed E-state index contributed by atoms with van der Waals surface area (Å²) in [6.07, 6.45) is 25.5. The highest BCUT2D eigenvalue weighted by molar-refractivity contribution is 5.87. The predicted molar refractivity (Wildman–Crippen MR) is 157 cm³/mol. The number of furan rings is 1. The molecule has 1 heterocycles. The Morgan fingerprint density at radius 3 is 2.70 bits per heavy atom. The number of rotatable bonds is 11. The molecule has 0 saturated heterocycles. The first-order chi connectivity index (χ1) is 19.3. The molecule has 3 saturated carbocycles. The Labute approximate surface area is 240 Å². The van der Waals surface area contributed by atoms with Crippen LogP contribution in [0.2, 0.25) is 0 Å². The van der Waals surface area contributed by atoms with Gasteiger partial charge in [-0.2, -0.15) is 0 Å². The fourth-order valence-corrected chi connectivity index (χ4v) is 9.42. The first kappa shape index (κ1) is 29.1. The quantitative estimate of drug-likeness (QED) is 0.0683. The molecule has 4 aliphatic rings. The summed E-state index contributed by atoms with van der Waals surface area (Å²) in [5.74, 6) is 2.91. The molecule has 4 aliphatic carbocycles. The van der Waals surface area contributed by atoms with Crippen molar-refractivity contribution in [1.82, 2.24) is 0 Å². The van der Waals surface area contributed by atoms with Crippen LogP contribution < -0.4 is 0 Å². The van der Waals surface area contributed by atoms with E-state index in [4.69, 9.17) is 9.15 Å². The average Bonchev–Trinajstić information content (AvgIpc) is 3.54. The number of unbranched alkanes of at least 4 members (excludes halogenated alkanes) is 5. The summed E-state index contributed by atoms with van der Waals surface area (Å²) in [6.45, 7) is 7.43. The predicted octanol–water partition coefficient (Wildman–Crippen LogP) is 9.44. The van der Waals surface area contributed by atoms with Gasteiger partial charge in [0.2, 0.25) is 5.76 Å². The van der Waals surface area contributed by atoms with E-state index in [2.05, 4.69) is 26.8 Å². The number of fused-ring (bicyclic) bond motifs is 5. The summed E-state index contributed by atoms with van der Waals surface area (Å²) in [5.41, 5.74) is 2.08. The van der Waals surface area contributed by atoms with Gasteiger partial charge in [0.1, 0.15) is 6.10 Å². The molecule has 0 N–H and O–H groups in total. The van der Waals surface area contributed by atoms with E-state index >= 15 is 0 Å². The summed E-state index contributed by atoms with van der Waals surface area (Å²) >= 11 is 0. The third kappa shape index (κ3) is 5.69. The Kier molecular flexibility index (Phi) is 8.92. The Bertz CT molecular complexity index is 1120. The van der Waals surface area contributed by atoms with E-state index in [1.54, 1.807) is 0 Å². The second kappa shape index (κ2) is 12.2. The lowest BCUT2D eigenvalue weighted by Crippen LogP contribution is -2.50. The van der Waals surface area contributed by atoms with Crippen molar-refractivity contribution in [3.8, 4) is 0 Å². The molecule has 7 atom stereocenters. The Morgan fingerprint density at radius 1 is 1.10 bits per heavy atom. The van der Waals surface area contributed by atoms with Crippen molar-refractivity contribution in [2.45, 2.75) is 123 Å². The Morgan fingerprint density at radius 2 is 1.90 bits per heavy atom. The molecule has 6 nitrogen and oxygen atoms in total. The molecule has 5 rings (SSSR count). The van der Waals surface area contributed by atoms with Crippen LogP contribution in [-0.2, 0) is 9.53 Å². The first-order valence-corrected chi connectivity index (χ1v) is 16.1. The smallest absolute Gasteiger partial charge is 0.331 e. The van der Waals surface area contributed by atoms with Gasteiger partial charge in [-0.1, -0.05) is 70.9 Å². The summed E-state index contributed by atoms with van der Waals surface area (Å²) in [6, 6.07) is 1.28. The Hall–Kier alpha value is -2.37. The normalized spacial score (nSPS) is 35.1. The molecule has 6 heteroatoms. The van der Waals surface area contributed by atoms with Gasteiger partial charge in [0.05, 0.1) is 17.3 Å². The summed E-state index contributed by atoms with van der Waals surface area (Å²) < 4.78 is 10.9. The average molecular weight is 552 g/mol. The van der Waals surface area contributed by atoms with Crippen molar-refractivity contribution in [2.24, 2.45) is 34.5 Å². The van der Waals surface area contributed by atoms with E-state index in [1.165, 1.54) is 107 Å². The molecule has 0 spiro atoms. The van der Waals surface area contributed by atoms with E-state index < -0.39 is 10.9 Å². The topological polar surface area (TPSA) is 82.6 Å². The van der Waals surface area contributed by atoms with E-state index in [-0.39, 0.29) is 23.0 Å². The van der Waals surface area contributed by atoms with Crippen LogP contribution in [0.4, 0.5) is 5.69 Å². The lowest BCUT2D eigenvalue weighted by atomic mass is 9.47. The van der Waals surface area contributed by atoms with E-state index in [1.807, 2.05) is 0 Å². The van der Waals surface area contributed by atoms with Crippen molar-refractivity contribution in [1.29, 1.82) is 0 Å². The number of ether oxygens (including phenoxy) is 1. The van der Waals surface area contributed by atoms with Gasteiger partial charge >= 0.3 is 11.7 Å². The van der Waals surface area contributed by atoms with Gasteiger partial charge in [-0.25, -0.2) is 4.79 Å². The van der Waals surface area contributed by atoms with Crippen LogP contribution >= 0.6 is 0 Å². The number of nitro groups is 1. The second-order valence-electron chi connectivity index (χ2n) is 13.7. The first-order valence-electron chi connectivity index (χ1n) is 16.1. The maximum atomic E-state index is 12.5. The maximum absolute atomic E-state index is 12.5. The molecule has 1 aromatic heterocycles. The van der Waals surface area contributed by atoms with Gasteiger partial charge in [0.25, 0.3) is 0 Å².